The van der Waals surface area contributed by atoms with E-state index in [2.05, 4.69) is 5.32 Å². The maximum Gasteiger partial charge on any atom is 0.263 e. The zero-order chi connectivity index (χ0) is 22.1. The van der Waals surface area contributed by atoms with E-state index in [1.165, 1.54) is 9.44 Å². The first-order valence-electron chi connectivity index (χ1n) is 10.7. The fourth-order valence-corrected chi connectivity index (χ4v) is 5.49. The minimum absolute atomic E-state index is 0.117. The average molecular weight is 446 g/mol. The van der Waals surface area contributed by atoms with E-state index in [1.807, 2.05) is 36.4 Å². The van der Waals surface area contributed by atoms with E-state index in [-0.39, 0.29) is 18.0 Å². The summed E-state index contributed by atoms with van der Waals surface area (Å²) in [5.41, 5.74) is 2.40. The van der Waals surface area contributed by atoms with Crippen LogP contribution >= 0.6 is 11.3 Å². The van der Waals surface area contributed by atoms with Gasteiger partial charge in [0.15, 0.2) is 0 Å². The van der Waals surface area contributed by atoms with Gasteiger partial charge in [-0.3, -0.25) is 14.2 Å². The average Bonchev–Trinajstić information content (AvgIpc) is 3.20. The molecule has 2 aromatic carbocycles. The van der Waals surface area contributed by atoms with Crippen molar-refractivity contribution >= 4 is 33.1 Å². The fraction of sp³-hybridized carbons (Fsp3) is 0.240. The van der Waals surface area contributed by atoms with Crippen LogP contribution < -0.4 is 15.6 Å². The molecule has 0 radical (unpaired) electrons. The monoisotopic (exact) mass is 445 g/mol. The molecule has 1 aliphatic rings. The lowest BCUT2D eigenvalue weighted by Gasteiger charge is -2.14. The summed E-state index contributed by atoms with van der Waals surface area (Å²) in [6.45, 7) is -0.117. The minimum atomic E-state index is -0.289. The summed E-state index contributed by atoms with van der Waals surface area (Å²) >= 11 is 1.62. The summed E-state index contributed by atoms with van der Waals surface area (Å²) < 4.78 is 6.74. The molecule has 6 nitrogen and oxygen atoms in total. The Morgan fingerprint density at radius 2 is 1.94 bits per heavy atom. The summed E-state index contributed by atoms with van der Waals surface area (Å²) in [6, 6.07) is 16.7. The third-order valence-corrected chi connectivity index (χ3v) is 6.95. The van der Waals surface area contributed by atoms with Crippen LogP contribution in [0.2, 0.25) is 0 Å². The lowest BCUT2D eigenvalue weighted by Crippen LogP contribution is -2.30. The van der Waals surface area contributed by atoms with Crippen LogP contribution in [0, 0.1) is 0 Å². The largest absolute Gasteiger partial charge is 0.497 e. The lowest BCUT2D eigenvalue weighted by atomic mass is 9.97. The number of aryl methyl sites for hydroxylation is 2. The molecule has 1 amide bonds. The zero-order valence-corrected chi connectivity index (χ0v) is 18.6. The Kier molecular flexibility index (Phi) is 5.49. The quantitative estimate of drug-likeness (QED) is 0.485. The maximum absolute atomic E-state index is 13.7. The van der Waals surface area contributed by atoms with Gasteiger partial charge in [-0.05, 0) is 43.4 Å². The van der Waals surface area contributed by atoms with Crippen molar-refractivity contribution < 1.29 is 9.53 Å². The smallest absolute Gasteiger partial charge is 0.263 e. The van der Waals surface area contributed by atoms with E-state index in [0.717, 1.165) is 41.6 Å². The van der Waals surface area contributed by atoms with Crippen LogP contribution in [0.4, 0.5) is 5.69 Å². The number of ether oxygens (including phenoxy) is 1. The van der Waals surface area contributed by atoms with Gasteiger partial charge in [0.05, 0.1) is 12.5 Å². The van der Waals surface area contributed by atoms with Crippen molar-refractivity contribution in [3.63, 3.8) is 0 Å². The number of hydrogen-bond donors (Lipinski definition) is 1. The number of thiophene rings is 1. The van der Waals surface area contributed by atoms with Crippen molar-refractivity contribution in [2.75, 3.05) is 12.4 Å². The number of carbonyl (C=O) groups excluding carboxylic acids is 1. The number of aromatic nitrogens is 2. The highest BCUT2D eigenvalue weighted by Crippen LogP contribution is 2.34. The van der Waals surface area contributed by atoms with Crippen molar-refractivity contribution in [2.45, 2.75) is 32.2 Å². The highest BCUT2D eigenvalue weighted by Gasteiger charge is 2.23. The zero-order valence-electron chi connectivity index (χ0n) is 17.8. The van der Waals surface area contributed by atoms with Crippen LogP contribution in [0.5, 0.6) is 5.75 Å². The number of amides is 1. The van der Waals surface area contributed by atoms with E-state index < -0.39 is 0 Å². The second-order valence-corrected chi connectivity index (χ2v) is 8.95. The Balaban J connectivity index is 1.59. The molecule has 5 rings (SSSR count). The first-order valence-corrected chi connectivity index (χ1v) is 11.5. The third-order valence-electron chi connectivity index (χ3n) is 5.76. The number of benzene rings is 2. The Morgan fingerprint density at radius 3 is 2.75 bits per heavy atom. The van der Waals surface area contributed by atoms with E-state index in [1.54, 1.807) is 36.6 Å². The van der Waals surface area contributed by atoms with Crippen molar-refractivity contribution in [3.8, 4) is 17.1 Å². The lowest BCUT2D eigenvalue weighted by molar-refractivity contribution is -0.116. The second-order valence-electron chi connectivity index (χ2n) is 7.86. The van der Waals surface area contributed by atoms with E-state index >= 15 is 0 Å². The molecule has 1 N–H and O–H groups in total. The molecule has 4 aromatic rings. The van der Waals surface area contributed by atoms with Crippen LogP contribution in [0.3, 0.4) is 0 Å². The highest BCUT2D eigenvalue weighted by atomic mass is 32.1. The first-order chi connectivity index (χ1) is 15.6. The van der Waals surface area contributed by atoms with E-state index in [0.29, 0.717) is 22.6 Å². The topological polar surface area (TPSA) is 73.2 Å². The molecule has 0 aliphatic heterocycles. The highest BCUT2D eigenvalue weighted by molar-refractivity contribution is 7.18. The molecule has 0 atom stereocenters. The number of rotatable bonds is 5. The third kappa shape index (κ3) is 3.80. The predicted molar refractivity (Wildman–Crippen MR) is 128 cm³/mol. The normalized spacial score (nSPS) is 13.0. The summed E-state index contributed by atoms with van der Waals surface area (Å²) in [7, 11) is 1.58. The van der Waals surface area contributed by atoms with Gasteiger partial charge in [0.1, 0.15) is 22.9 Å². The van der Waals surface area contributed by atoms with Gasteiger partial charge in [-0.2, -0.15) is 0 Å². The van der Waals surface area contributed by atoms with Gasteiger partial charge >= 0.3 is 0 Å². The molecular weight excluding hydrogens is 422 g/mol. The molecule has 0 fully saturated rings. The summed E-state index contributed by atoms with van der Waals surface area (Å²) in [6.07, 6.45) is 4.11. The van der Waals surface area contributed by atoms with Crippen molar-refractivity contribution in [2.24, 2.45) is 0 Å². The van der Waals surface area contributed by atoms with Crippen molar-refractivity contribution in [1.82, 2.24) is 9.55 Å². The number of nitrogens with zero attached hydrogens (tertiary/aromatic N) is 2. The molecule has 0 spiro atoms. The van der Waals surface area contributed by atoms with Crippen LogP contribution in [-0.2, 0) is 24.2 Å². The maximum atomic E-state index is 13.7. The van der Waals surface area contributed by atoms with Crippen LogP contribution in [0.15, 0.2) is 59.4 Å². The summed E-state index contributed by atoms with van der Waals surface area (Å²) in [5.74, 6) is 0.878. The molecule has 7 heteroatoms. The molecule has 0 bridgehead atoms. The number of carbonyl (C=O) groups is 1. The minimum Gasteiger partial charge on any atom is -0.497 e. The van der Waals surface area contributed by atoms with Gasteiger partial charge in [0, 0.05) is 22.2 Å². The van der Waals surface area contributed by atoms with Gasteiger partial charge in [-0.25, -0.2) is 4.98 Å². The molecule has 2 heterocycles. The summed E-state index contributed by atoms with van der Waals surface area (Å²) in [4.78, 5) is 33.5. The fourth-order valence-electron chi connectivity index (χ4n) is 4.24. The molecule has 0 saturated heterocycles. The Morgan fingerprint density at radius 1 is 1.12 bits per heavy atom. The Bertz CT molecular complexity index is 1360. The standard InChI is InChI=1S/C25H23N3O3S/c1-31-18-11-7-10-17(14-18)26-21(29)15-28-23(16-8-3-2-4-9-16)27-24-22(25(28)30)19-12-5-6-13-20(19)32-24/h2-4,7-11,14H,5-6,12-13,15H2,1H3,(H,26,29). The molecule has 162 valence electrons. The number of anilines is 1. The van der Waals surface area contributed by atoms with Crippen molar-refractivity contribution in [1.29, 1.82) is 0 Å². The molecule has 1 aliphatic carbocycles. The first kappa shape index (κ1) is 20.5. The summed E-state index contributed by atoms with van der Waals surface area (Å²) in [5, 5.41) is 3.55. The Labute approximate surface area is 189 Å². The molecular formula is C25H23N3O3S. The van der Waals surface area contributed by atoms with Gasteiger partial charge < -0.3 is 10.1 Å². The van der Waals surface area contributed by atoms with Gasteiger partial charge in [0.2, 0.25) is 5.91 Å². The Hall–Kier alpha value is -3.45. The van der Waals surface area contributed by atoms with Gasteiger partial charge in [-0.15, -0.1) is 11.3 Å². The molecule has 32 heavy (non-hydrogen) atoms. The van der Waals surface area contributed by atoms with Gasteiger partial charge in [-0.1, -0.05) is 36.4 Å². The number of hydrogen-bond acceptors (Lipinski definition) is 5. The van der Waals surface area contributed by atoms with E-state index in [9.17, 15) is 9.59 Å². The van der Waals surface area contributed by atoms with Crippen LogP contribution in [0.25, 0.3) is 21.6 Å². The van der Waals surface area contributed by atoms with Gasteiger partial charge in [0.25, 0.3) is 5.56 Å². The molecule has 0 saturated carbocycles. The number of nitrogens with one attached hydrogen (secondary N) is 1. The number of methoxy groups -OCH3 is 1. The van der Waals surface area contributed by atoms with Crippen LogP contribution in [-0.4, -0.2) is 22.6 Å². The molecule has 0 unspecified atom stereocenters. The SMILES string of the molecule is COc1cccc(NC(=O)Cn2c(-c3ccccc3)nc3sc4c(c3c2=O)CCCC4)c1. The molecule has 2 aromatic heterocycles. The second kappa shape index (κ2) is 8.59. The van der Waals surface area contributed by atoms with Crippen LogP contribution in [0.1, 0.15) is 23.3 Å². The van der Waals surface area contributed by atoms with E-state index in [4.69, 9.17) is 9.72 Å². The predicted octanol–water partition coefficient (Wildman–Crippen LogP) is 4.65. The van der Waals surface area contributed by atoms with Crippen molar-refractivity contribution in [3.05, 3.63) is 75.4 Å². The number of fused-ring (bicyclic) bond motifs is 3.